The van der Waals surface area contributed by atoms with E-state index in [2.05, 4.69) is 22.9 Å². The van der Waals surface area contributed by atoms with Crippen molar-refractivity contribution in [1.29, 1.82) is 0 Å². The molecular weight excluding hydrogens is 889 g/mol. The minimum absolute atomic E-state index is 0.000839. The molecule has 0 radical (unpaired) electrons. The quantitative estimate of drug-likeness (QED) is 0.0164. The van der Waals surface area contributed by atoms with E-state index in [1.807, 2.05) is 0 Å². The summed E-state index contributed by atoms with van der Waals surface area (Å²) in [5.41, 5.74) is 0. The van der Waals surface area contributed by atoms with Gasteiger partial charge in [-0.15, -0.1) is 0 Å². The Balaban J connectivity index is 2.76. The van der Waals surface area contributed by atoms with E-state index in [1.54, 1.807) is 0 Å². The van der Waals surface area contributed by atoms with Gasteiger partial charge in [-0.3, -0.25) is 27.7 Å². The number of phosphoric acid groups is 3. The van der Waals surface area contributed by atoms with Gasteiger partial charge in [0, 0.05) is 12.8 Å². The smallest absolute Gasteiger partial charge is 0.462 e. The number of aliphatic hydroxyl groups is 3. The van der Waals surface area contributed by atoms with Crippen molar-refractivity contribution in [3.05, 3.63) is 0 Å². The number of ether oxygens (including phenoxy) is 2. The van der Waals surface area contributed by atoms with E-state index in [0.29, 0.717) is 12.8 Å². The van der Waals surface area contributed by atoms with E-state index in [1.165, 1.54) is 96.3 Å². The zero-order valence-electron chi connectivity index (χ0n) is 37.7. The molecule has 1 rings (SSSR count). The van der Waals surface area contributed by atoms with Crippen molar-refractivity contribution in [2.45, 2.75) is 236 Å². The van der Waals surface area contributed by atoms with Gasteiger partial charge in [-0.25, -0.2) is 13.7 Å². The Labute approximate surface area is 374 Å². The van der Waals surface area contributed by atoms with Gasteiger partial charge in [-0.2, -0.15) is 0 Å². The van der Waals surface area contributed by atoms with Gasteiger partial charge >= 0.3 is 35.4 Å². The molecule has 0 heterocycles. The monoisotopic (exact) mass is 970 g/mol. The molecule has 374 valence electrons. The lowest BCUT2D eigenvalue weighted by Gasteiger charge is -2.44. The van der Waals surface area contributed by atoms with Gasteiger partial charge in [-0.05, 0) is 12.8 Å². The number of phosphoric ester groups is 3. The van der Waals surface area contributed by atoms with Crippen LogP contribution in [0.3, 0.4) is 0 Å². The summed E-state index contributed by atoms with van der Waals surface area (Å²) in [6, 6.07) is 0. The average molecular weight is 971 g/mol. The average Bonchev–Trinajstić information content (AvgIpc) is 3.20. The highest BCUT2D eigenvalue weighted by molar-refractivity contribution is 7.47. The molecule has 22 heteroatoms. The number of carbonyl (C=O) groups excluding carboxylic acids is 2. The summed E-state index contributed by atoms with van der Waals surface area (Å²) < 4.78 is 65.4. The first kappa shape index (κ1) is 60.2. The van der Waals surface area contributed by atoms with E-state index in [9.17, 15) is 63.1 Å². The van der Waals surface area contributed by atoms with Crippen LogP contribution in [0.5, 0.6) is 0 Å². The summed E-state index contributed by atoms with van der Waals surface area (Å²) in [4.78, 5) is 73.1. The third-order valence-electron chi connectivity index (χ3n) is 10.9. The van der Waals surface area contributed by atoms with Crippen LogP contribution in [-0.4, -0.2) is 108 Å². The van der Waals surface area contributed by atoms with Crippen LogP contribution < -0.4 is 0 Å². The van der Waals surface area contributed by atoms with E-state index in [0.717, 1.165) is 57.8 Å². The highest BCUT2D eigenvalue weighted by Crippen LogP contribution is 2.51. The Morgan fingerprint density at radius 3 is 1.08 bits per heavy atom. The summed E-state index contributed by atoms with van der Waals surface area (Å²) >= 11 is 0. The molecule has 1 fully saturated rings. The first-order chi connectivity index (χ1) is 29.8. The largest absolute Gasteiger partial charge is 0.472 e. The van der Waals surface area contributed by atoms with Crippen LogP contribution in [0.25, 0.3) is 0 Å². The van der Waals surface area contributed by atoms with Gasteiger partial charge in [-0.1, -0.05) is 168 Å². The second-order valence-electron chi connectivity index (χ2n) is 16.7. The normalized spacial score (nSPS) is 22.1. The van der Waals surface area contributed by atoms with Crippen LogP contribution in [-0.2, 0) is 50.9 Å². The van der Waals surface area contributed by atoms with Crippen molar-refractivity contribution < 1.29 is 90.6 Å². The van der Waals surface area contributed by atoms with Crippen molar-refractivity contribution in [2.75, 3.05) is 13.2 Å². The van der Waals surface area contributed by atoms with Gasteiger partial charge in [0.15, 0.2) is 6.10 Å². The fraction of sp³-hybridized carbons (Fsp3) is 0.951. The predicted octanol–water partition coefficient (Wildman–Crippen LogP) is 7.96. The van der Waals surface area contributed by atoms with Gasteiger partial charge in [0.25, 0.3) is 0 Å². The molecule has 0 aromatic heterocycles. The molecule has 19 nitrogen and oxygen atoms in total. The lowest BCUT2D eigenvalue weighted by Crippen LogP contribution is -2.65. The second kappa shape index (κ2) is 34.4. The molecular formula is C41H81O19P3. The van der Waals surface area contributed by atoms with Crippen molar-refractivity contribution >= 4 is 35.4 Å². The lowest BCUT2D eigenvalue weighted by molar-refractivity contribution is -0.213. The molecule has 8 N–H and O–H groups in total. The maximum absolute atomic E-state index is 13.1. The SMILES string of the molecule is CCCCCCCCCCCCCCCC(=O)OC[C@@H](COP(=O)(O)OC1[C@@H](O)[C@H](OP(=O)(O)O)C(O)[C@H](OP(=O)(O)O)[C@@H]1O)OC(=O)CCCCCCCCCCCCCCC. The first-order valence-electron chi connectivity index (χ1n) is 23.3. The number of hydrogen-bond donors (Lipinski definition) is 8. The number of rotatable bonds is 40. The molecule has 0 bridgehead atoms. The van der Waals surface area contributed by atoms with E-state index in [4.69, 9.17) is 18.5 Å². The second-order valence-corrected chi connectivity index (χ2v) is 20.5. The Morgan fingerprint density at radius 1 is 0.444 bits per heavy atom. The van der Waals surface area contributed by atoms with Crippen LogP contribution in [0.2, 0.25) is 0 Å². The van der Waals surface area contributed by atoms with Crippen LogP contribution in [0, 0.1) is 0 Å². The van der Waals surface area contributed by atoms with Gasteiger partial charge in [0.1, 0.15) is 43.2 Å². The number of unbranched alkanes of at least 4 members (excludes halogenated alkanes) is 24. The number of esters is 2. The van der Waals surface area contributed by atoms with E-state index >= 15 is 0 Å². The third kappa shape index (κ3) is 30.9. The molecule has 3 unspecified atom stereocenters. The standard InChI is InChI=1S/C41H81O19P3/c1-3-5-7-9-11-13-15-17-19-21-23-25-27-29-34(42)55-31-33(57-35(43)30-28-26-24-22-20-18-16-14-12-10-8-6-4-2)32-56-63(53,54)60-41-37(45)39(58-61(47,48)49)36(44)40(38(41)46)59-62(50,51)52/h33,36-41,44-46H,3-32H2,1-2H3,(H,53,54)(H2,47,48,49)(H2,50,51,52)/t33-,36?,37-,38-,39-,40+,41?/m0/s1. The Kier molecular flexibility index (Phi) is 32.9. The molecule has 0 amide bonds. The fourth-order valence-electron chi connectivity index (χ4n) is 7.41. The maximum atomic E-state index is 13.1. The summed E-state index contributed by atoms with van der Waals surface area (Å²) in [6.45, 7) is 2.92. The van der Waals surface area contributed by atoms with Crippen LogP contribution in [0.1, 0.15) is 194 Å². The van der Waals surface area contributed by atoms with Crippen LogP contribution in [0.4, 0.5) is 0 Å². The van der Waals surface area contributed by atoms with Gasteiger partial charge in [0.2, 0.25) is 0 Å². The molecule has 1 aliphatic carbocycles. The molecule has 0 aliphatic heterocycles. The van der Waals surface area contributed by atoms with Gasteiger partial charge in [0.05, 0.1) is 6.61 Å². The zero-order chi connectivity index (χ0) is 47.2. The van der Waals surface area contributed by atoms with Gasteiger partial charge < -0.3 is 49.3 Å². The maximum Gasteiger partial charge on any atom is 0.472 e. The summed E-state index contributed by atoms with van der Waals surface area (Å²) in [7, 11) is -16.6. The molecule has 8 atom stereocenters. The predicted molar refractivity (Wildman–Crippen MR) is 234 cm³/mol. The molecule has 0 spiro atoms. The Morgan fingerprint density at radius 2 is 0.746 bits per heavy atom. The Hall–Kier alpha value is -0.850. The summed E-state index contributed by atoms with van der Waals surface area (Å²) in [5, 5.41) is 31.8. The number of carbonyl (C=O) groups is 2. The third-order valence-corrected chi connectivity index (χ3v) is 12.9. The molecule has 0 aromatic rings. The number of hydrogen-bond acceptors (Lipinski definition) is 14. The van der Waals surface area contributed by atoms with Crippen LogP contribution in [0.15, 0.2) is 0 Å². The molecule has 0 aromatic carbocycles. The minimum Gasteiger partial charge on any atom is -0.462 e. The Bertz CT molecular complexity index is 1310. The minimum atomic E-state index is -5.54. The lowest BCUT2D eigenvalue weighted by atomic mass is 9.85. The van der Waals surface area contributed by atoms with E-state index in [-0.39, 0.29) is 12.8 Å². The topological polar surface area (TPSA) is 303 Å². The van der Waals surface area contributed by atoms with E-state index < -0.39 is 91.3 Å². The highest BCUT2D eigenvalue weighted by Gasteiger charge is 2.56. The molecule has 1 saturated carbocycles. The van der Waals surface area contributed by atoms with Crippen molar-refractivity contribution in [2.24, 2.45) is 0 Å². The highest BCUT2D eigenvalue weighted by atomic mass is 31.2. The van der Waals surface area contributed by atoms with Crippen molar-refractivity contribution in [3.63, 3.8) is 0 Å². The van der Waals surface area contributed by atoms with Crippen molar-refractivity contribution in [1.82, 2.24) is 0 Å². The first-order valence-corrected chi connectivity index (χ1v) is 27.9. The molecule has 1 aliphatic rings. The number of aliphatic hydroxyl groups excluding tert-OH is 3. The summed E-state index contributed by atoms with van der Waals surface area (Å²) in [6.07, 6.45) is 12.7. The molecule has 0 saturated heterocycles. The zero-order valence-corrected chi connectivity index (χ0v) is 40.3. The fourth-order valence-corrected chi connectivity index (χ4v) is 9.52. The van der Waals surface area contributed by atoms with Crippen molar-refractivity contribution in [3.8, 4) is 0 Å². The summed E-state index contributed by atoms with van der Waals surface area (Å²) in [5.74, 6) is -1.30. The molecule has 63 heavy (non-hydrogen) atoms. The van der Waals surface area contributed by atoms with Crippen LogP contribution >= 0.6 is 23.5 Å².